The summed E-state index contributed by atoms with van der Waals surface area (Å²) in [5.74, 6) is 6.95. The summed E-state index contributed by atoms with van der Waals surface area (Å²) >= 11 is 0. The molecule has 0 spiro atoms. The zero-order valence-corrected chi connectivity index (χ0v) is 18.6. The Hall–Kier alpha value is -1.23. The predicted octanol–water partition coefficient (Wildman–Crippen LogP) is 6.49. The summed E-state index contributed by atoms with van der Waals surface area (Å²) in [4.78, 5) is 0. The van der Waals surface area contributed by atoms with E-state index in [4.69, 9.17) is 0 Å². The summed E-state index contributed by atoms with van der Waals surface area (Å²) in [6.07, 6.45) is 0. The lowest BCUT2D eigenvalue weighted by Crippen LogP contribution is -2.29. The zero-order valence-electron chi connectivity index (χ0n) is 16.6. The van der Waals surface area contributed by atoms with Gasteiger partial charge in [-0.2, -0.15) is 0 Å². The maximum Gasteiger partial charge on any atom is 0.138 e. The largest absolute Gasteiger partial charge is 0.138 e. The van der Waals surface area contributed by atoms with Crippen molar-refractivity contribution in [3.05, 3.63) is 35.4 Å². The minimum atomic E-state index is -1.37. The van der Waals surface area contributed by atoms with E-state index in [2.05, 4.69) is 88.7 Å². The van der Waals surface area contributed by atoms with E-state index in [1.165, 1.54) is 36.3 Å². The van der Waals surface area contributed by atoms with Gasteiger partial charge in [-0.05, 0) is 54.5 Å². The van der Waals surface area contributed by atoms with Gasteiger partial charge in [0.2, 0.25) is 0 Å². The monoisotopic (exact) mass is 354 g/mol. The minimum Gasteiger partial charge on any atom is -0.126 e. The van der Waals surface area contributed by atoms with Crippen LogP contribution in [0, 0.1) is 22.9 Å². The quantitative estimate of drug-likeness (QED) is 0.405. The van der Waals surface area contributed by atoms with Crippen LogP contribution in [0.1, 0.15) is 52.7 Å². The first-order chi connectivity index (χ1) is 11.5. The average molecular weight is 355 g/mol. The van der Waals surface area contributed by atoms with Crippen molar-refractivity contribution in [1.82, 2.24) is 0 Å². The van der Waals surface area contributed by atoms with Crippen LogP contribution in [-0.4, -0.2) is 16.1 Å². The van der Waals surface area contributed by atoms with E-state index >= 15 is 0 Å². The summed E-state index contributed by atoms with van der Waals surface area (Å²) in [5.41, 5.74) is 9.62. The minimum absolute atomic E-state index is 1.13. The molecule has 1 aromatic carbocycles. The van der Waals surface area contributed by atoms with Crippen molar-refractivity contribution in [1.29, 1.82) is 0 Å². The molecule has 0 radical (unpaired) electrons. The van der Waals surface area contributed by atoms with Crippen LogP contribution >= 0.6 is 0 Å². The molecule has 0 aliphatic rings. The van der Waals surface area contributed by atoms with Crippen molar-refractivity contribution in [3.8, 4) is 22.9 Å². The Morgan fingerprint density at radius 2 is 0.958 bits per heavy atom. The SMILES string of the molecule is CC[Si](C#Cc1cccc(C#C[Si](CC)(CC)CC)c1)(CC)CC. The molecule has 0 bridgehead atoms. The number of hydrogen-bond donors (Lipinski definition) is 0. The third kappa shape index (κ3) is 5.40. The van der Waals surface area contributed by atoms with E-state index in [-0.39, 0.29) is 0 Å². The summed E-state index contributed by atoms with van der Waals surface area (Å²) in [6, 6.07) is 16.1. The third-order valence-corrected chi connectivity index (χ3v) is 15.3. The Labute approximate surface area is 152 Å². The van der Waals surface area contributed by atoms with E-state index in [0.29, 0.717) is 0 Å². The lowest BCUT2D eigenvalue weighted by molar-refractivity contribution is 1.20. The predicted molar refractivity (Wildman–Crippen MR) is 115 cm³/mol. The molecule has 0 N–H and O–H groups in total. The number of benzene rings is 1. The van der Waals surface area contributed by atoms with Gasteiger partial charge < -0.3 is 0 Å². The van der Waals surface area contributed by atoms with E-state index in [1.807, 2.05) is 0 Å². The van der Waals surface area contributed by atoms with Gasteiger partial charge in [0.1, 0.15) is 16.1 Å². The van der Waals surface area contributed by atoms with Crippen LogP contribution in [0.15, 0.2) is 24.3 Å². The Morgan fingerprint density at radius 3 is 1.25 bits per heavy atom. The van der Waals surface area contributed by atoms with Gasteiger partial charge in [0.25, 0.3) is 0 Å². The fourth-order valence-corrected chi connectivity index (χ4v) is 7.99. The van der Waals surface area contributed by atoms with E-state index in [9.17, 15) is 0 Å². The first-order valence-corrected chi connectivity index (χ1v) is 14.9. The molecule has 1 rings (SSSR count). The standard InChI is InChI=1S/C22H34Si2/c1-7-23(8-2,9-3)18-16-21-14-13-15-22(20-21)17-19-24(10-4,11-5)12-6/h13-15,20H,7-12H2,1-6H3. The lowest BCUT2D eigenvalue weighted by atomic mass is 10.1. The van der Waals surface area contributed by atoms with E-state index in [0.717, 1.165) is 11.1 Å². The Kier molecular flexibility index (Phi) is 8.61. The lowest BCUT2D eigenvalue weighted by Gasteiger charge is -2.20. The molecule has 0 aliphatic heterocycles. The molecule has 0 nitrogen and oxygen atoms in total. The van der Waals surface area contributed by atoms with Crippen LogP contribution in [0.5, 0.6) is 0 Å². The summed E-state index contributed by atoms with van der Waals surface area (Å²) in [7, 11) is -2.75. The molecule has 2 heteroatoms. The van der Waals surface area contributed by atoms with Crippen molar-refractivity contribution in [2.75, 3.05) is 0 Å². The first-order valence-electron chi connectivity index (χ1n) is 9.69. The Bertz CT molecular complexity index is 559. The van der Waals surface area contributed by atoms with Crippen molar-refractivity contribution in [2.45, 2.75) is 77.8 Å². The molecule has 24 heavy (non-hydrogen) atoms. The van der Waals surface area contributed by atoms with E-state index < -0.39 is 16.1 Å². The molecule has 0 unspecified atom stereocenters. The second-order valence-electron chi connectivity index (χ2n) is 6.76. The topological polar surface area (TPSA) is 0 Å². The van der Waals surface area contributed by atoms with E-state index in [1.54, 1.807) is 0 Å². The Morgan fingerprint density at radius 1 is 0.625 bits per heavy atom. The van der Waals surface area contributed by atoms with Crippen molar-refractivity contribution < 1.29 is 0 Å². The molecular formula is C22H34Si2. The van der Waals surface area contributed by atoms with Gasteiger partial charge >= 0.3 is 0 Å². The van der Waals surface area contributed by atoms with Gasteiger partial charge in [-0.25, -0.2) is 0 Å². The normalized spacial score (nSPS) is 11.2. The second kappa shape index (κ2) is 9.92. The number of hydrogen-bond acceptors (Lipinski definition) is 0. The average Bonchev–Trinajstić information content (AvgIpc) is 2.65. The highest BCUT2D eigenvalue weighted by Crippen LogP contribution is 2.20. The smallest absolute Gasteiger partial charge is 0.126 e. The molecule has 0 heterocycles. The molecule has 0 saturated carbocycles. The van der Waals surface area contributed by atoms with Gasteiger partial charge in [-0.3, -0.25) is 0 Å². The van der Waals surface area contributed by atoms with Gasteiger partial charge in [-0.15, -0.1) is 11.1 Å². The highest BCUT2D eigenvalue weighted by atomic mass is 28.3. The van der Waals surface area contributed by atoms with Crippen LogP contribution < -0.4 is 0 Å². The fourth-order valence-electron chi connectivity index (χ4n) is 3.11. The molecule has 0 saturated heterocycles. The van der Waals surface area contributed by atoms with Crippen LogP contribution in [0.25, 0.3) is 0 Å². The number of rotatable bonds is 6. The maximum absolute atomic E-state index is 3.68. The van der Waals surface area contributed by atoms with Gasteiger partial charge in [0.05, 0.1) is 0 Å². The molecule has 0 aliphatic carbocycles. The molecule has 0 amide bonds. The highest BCUT2D eigenvalue weighted by molar-refractivity contribution is 6.87. The van der Waals surface area contributed by atoms with Crippen molar-refractivity contribution in [2.24, 2.45) is 0 Å². The zero-order chi connectivity index (χ0) is 18.1. The van der Waals surface area contributed by atoms with Crippen LogP contribution in [0.2, 0.25) is 36.3 Å². The molecule has 0 aromatic heterocycles. The third-order valence-electron chi connectivity index (χ3n) is 5.87. The van der Waals surface area contributed by atoms with Gasteiger partial charge in [0.15, 0.2) is 0 Å². The van der Waals surface area contributed by atoms with Crippen LogP contribution in [0.4, 0.5) is 0 Å². The molecular weight excluding hydrogens is 320 g/mol. The summed E-state index contributed by atoms with van der Waals surface area (Å²) in [6.45, 7) is 13.8. The van der Waals surface area contributed by atoms with Gasteiger partial charge in [-0.1, -0.05) is 59.4 Å². The molecule has 0 atom stereocenters. The van der Waals surface area contributed by atoms with Crippen LogP contribution in [-0.2, 0) is 0 Å². The second-order valence-corrected chi connectivity index (χ2v) is 16.6. The van der Waals surface area contributed by atoms with Crippen LogP contribution in [0.3, 0.4) is 0 Å². The van der Waals surface area contributed by atoms with Crippen molar-refractivity contribution in [3.63, 3.8) is 0 Å². The molecule has 130 valence electrons. The first kappa shape index (κ1) is 20.8. The summed E-state index contributed by atoms with van der Waals surface area (Å²) in [5, 5.41) is 0. The summed E-state index contributed by atoms with van der Waals surface area (Å²) < 4.78 is 0. The van der Waals surface area contributed by atoms with Gasteiger partial charge in [0, 0.05) is 11.1 Å². The highest BCUT2D eigenvalue weighted by Gasteiger charge is 2.24. The maximum atomic E-state index is 3.68. The molecule has 1 aromatic rings. The Balaban J connectivity index is 3.10. The molecule has 0 fully saturated rings. The fraction of sp³-hybridized carbons (Fsp3) is 0.545. The van der Waals surface area contributed by atoms with Crippen molar-refractivity contribution >= 4 is 16.1 Å².